The van der Waals surface area contributed by atoms with Gasteiger partial charge in [-0.25, -0.2) is 4.79 Å². The number of hydrogen-bond donors (Lipinski definition) is 1. The van der Waals surface area contributed by atoms with Crippen LogP contribution in [0.5, 0.6) is 0 Å². The van der Waals surface area contributed by atoms with Crippen LogP contribution in [0.3, 0.4) is 0 Å². The maximum atomic E-state index is 13.1. The monoisotopic (exact) mass is 345 g/mol. The highest BCUT2D eigenvalue weighted by atomic mass is 16.5. The predicted molar refractivity (Wildman–Crippen MR) is 95.2 cm³/mol. The van der Waals surface area contributed by atoms with Gasteiger partial charge in [-0.3, -0.25) is 4.79 Å². The van der Waals surface area contributed by atoms with Crippen LogP contribution in [0.15, 0.2) is 30.3 Å². The summed E-state index contributed by atoms with van der Waals surface area (Å²) < 4.78 is 5.45. The molecule has 1 aromatic rings. The smallest absolute Gasteiger partial charge is 0.318 e. The average Bonchev–Trinajstić information content (AvgIpc) is 3.01. The lowest BCUT2D eigenvalue weighted by molar-refractivity contribution is -0.142. The Balaban J connectivity index is 1.84. The zero-order valence-electron chi connectivity index (χ0n) is 15.1. The van der Waals surface area contributed by atoms with Crippen LogP contribution in [0.1, 0.15) is 25.8 Å². The molecule has 0 spiro atoms. The molecule has 6 nitrogen and oxygen atoms in total. The van der Waals surface area contributed by atoms with Crippen molar-refractivity contribution in [2.75, 3.05) is 20.2 Å². The van der Waals surface area contributed by atoms with E-state index in [1.165, 1.54) is 0 Å². The van der Waals surface area contributed by atoms with Gasteiger partial charge in [0.25, 0.3) is 0 Å². The van der Waals surface area contributed by atoms with Crippen molar-refractivity contribution in [3.8, 4) is 0 Å². The number of urea groups is 1. The number of benzene rings is 1. The van der Waals surface area contributed by atoms with Crippen LogP contribution in [0.2, 0.25) is 0 Å². The van der Waals surface area contributed by atoms with Gasteiger partial charge in [-0.15, -0.1) is 0 Å². The van der Waals surface area contributed by atoms with E-state index in [9.17, 15) is 9.59 Å². The van der Waals surface area contributed by atoms with Gasteiger partial charge in [0, 0.05) is 32.7 Å². The maximum absolute atomic E-state index is 13.1. The maximum Gasteiger partial charge on any atom is 0.318 e. The molecule has 3 atom stereocenters. The van der Waals surface area contributed by atoms with E-state index in [2.05, 4.69) is 5.32 Å². The number of nitrogens with zero attached hydrogens (tertiary/aromatic N) is 2. The van der Waals surface area contributed by atoms with Crippen LogP contribution in [-0.4, -0.2) is 66.2 Å². The van der Waals surface area contributed by atoms with Crippen molar-refractivity contribution < 1.29 is 14.3 Å². The van der Waals surface area contributed by atoms with Gasteiger partial charge < -0.3 is 19.9 Å². The molecule has 0 aromatic heterocycles. The summed E-state index contributed by atoms with van der Waals surface area (Å²) in [7, 11) is 1.68. The Bertz CT molecular complexity index is 620. The molecule has 2 saturated heterocycles. The minimum Gasteiger partial charge on any atom is -0.380 e. The predicted octanol–water partition coefficient (Wildman–Crippen LogP) is 1.65. The van der Waals surface area contributed by atoms with Crippen molar-refractivity contribution in [3.05, 3.63) is 35.9 Å². The number of carbonyl (C=O) groups is 2. The van der Waals surface area contributed by atoms with Gasteiger partial charge >= 0.3 is 6.03 Å². The highest BCUT2D eigenvalue weighted by Gasteiger charge is 2.47. The number of fused-ring (bicyclic) bond motifs is 1. The van der Waals surface area contributed by atoms with Crippen molar-refractivity contribution in [2.24, 2.45) is 0 Å². The van der Waals surface area contributed by atoms with Gasteiger partial charge in [0.2, 0.25) is 5.91 Å². The van der Waals surface area contributed by atoms with Crippen LogP contribution < -0.4 is 5.32 Å². The van der Waals surface area contributed by atoms with Gasteiger partial charge in [-0.1, -0.05) is 30.3 Å². The molecule has 0 bridgehead atoms. The standard InChI is InChI=1S/C19H27N3O3/c1-13(2)20-19(24)22-11-15-10-16(25-3)12-21(15)18(23)17(22)9-14-7-5-4-6-8-14/h4-8,13,15-17H,9-12H2,1-3H3,(H,20,24)/t15-,16-,17-/m0/s1. The van der Waals surface area contributed by atoms with E-state index in [0.717, 1.165) is 12.0 Å². The first-order valence-electron chi connectivity index (χ1n) is 8.94. The fourth-order valence-electron chi connectivity index (χ4n) is 3.76. The van der Waals surface area contributed by atoms with E-state index in [1.807, 2.05) is 49.1 Å². The molecule has 2 fully saturated rings. The van der Waals surface area contributed by atoms with Crippen LogP contribution >= 0.6 is 0 Å². The van der Waals surface area contributed by atoms with Crippen molar-refractivity contribution in [1.29, 1.82) is 0 Å². The van der Waals surface area contributed by atoms with E-state index < -0.39 is 6.04 Å². The summed E-state index contributed by atoms with van der Waals surface area (Å²) in [5.41, 5.74) is 1.06. The van der Waals surface area contributed by atoms with Crippen molar-refractivity contribution >= 4 is 11.9 Å². The fraction of sp³-hybridized carbons (Fsp3) is 0.579. The zero-order valence-corrected chi connectivity index (χ0v) is 15.1. The minimum absolute atomic E-state index is 0.0264. The summed E-state index contributed by atoms with van der Waals surface area (Å²) in [6.07, 6.45) is 1.37. The van der Waals surface area contributed by atoms with E-state index in [4.69, 9.17) is 4.74 Å². The molecule has 0 aliphatic carbocycles. The Kier molecular flexibility index (Phi) is 5.27. The number of amides is 3. The zero-order chi connectivity index (χ0) is 18.0. The molecular weight excluding hydrogens is 318 g/mol. The second-order valence-electron chi connectivity index (χ2n) is 7.20. The third-order valence-corrected chi connectivity index (χ3v) is 5.01. The summed E-state index contributed by atoms with van der Waals surface area (Å²) in [4.78, 5) is 29.4. The lowest BCUT2D eigenvalue weighted by Gasteiger charge is -2.43. The molecule has 2 aliphatic rings. The first-order valence-corrected chi connectivity index (χ1v) is 8.94. The summed E-state index contributed by atoms with van der Waals surface area (Å²) >= 11 is 0. The first kappa shape index (κ1) is 17.7. The lowest BCUT2D eigenvalue weighted by atomic mass is 9.99. The summed E-state index contributed by atoms with van der Waals surface area (Å²) in [6, 6.07) is 9.32. The molecule has 25 heavy (non-hydrogen) atoms. The third-order valence-electron chi connectivity index (χ3n) is 5.01. The van der Waals surface area contributed by atoms with Gasteiger partial charge in [-0.05, 0) is 25.8 Å². The van der Waals surface area contributed by atoms with Crippen LogP contribution in [0, 0.1) is 0 Å². The molecule has 3 amide bonds. The molecule has 6 heteroatoms. The van der Waals surface area contributed by atoms with E-state index >= 15 is 0 Å². The van der Waals surface area contributed by atoms with Crippen molar-refractivity contribution in [3.63, 3.8) is 0 Å². The van der Waals surface area contributed by atoms with Crippen molar-refractivity contribution in [1.82, 2.24) is 15.1 Å². The number of hydrogen-bond acceptors (Lipinski definition) is 3. The second kappa shape index (κ2) is 7.44. The molecule has 3 rings (SSSR count). The van der Waals surface area contributed by atoms with Gasteiger partial charge in [0.15, 0.2) is 0 Å². The van der Waals surface area contributed by atoms with Crippen LogP contribution in [-0.2, 0) is 16.0 Å². The Morgan fingerprint density at radius 1 is 1.28 bits per heavy atom. The second-order valence-corrected chi connectivity index (χ2v) is 7.20. The molecule has 0 unspecified atom stereocenters. The highest BCUT2D eigenvalue weighted by molar-refractivity contribution is 5.89. The van der Waals surface area contributed by atoms with E-state index in [0.29, 0.717) is 19.5 Å². The Labute approximate surface area is 149 Å². The molecule has 136 valence electrons. The normalized spacial score (nSPS) is 26.1. The molecule has 2 heterocycles. The van der Waals surface area contributed by atoms with Gasteiger partial charge in [0.05, 0.1) is 12.1 Å². The summed E-state index contributed by atoms with van der Waals surface area (Å²) in [6.45, 7) is 5.03. The van der Waals surface area contributed by atoms with Crippen LogP contribution in [0.4, 0.5) is 4.79 Å². The average molecular weight is 345 g/mol. The number of piperazine rings is 1. The number of rotatable bonds is 4. The minimum atomic E-state index is -0.465. The van der Waals surface area contributed by atoms with E-state index in [1.54, 1.807) is 12.0 Å². The van der Waals surface area contributed by atoms with Gasteiger partial charge in [0.1, 0.15) is 6.04 Å². The quantitative estimate of drug-likeness (QED) is 0.902. The molecule has 2 aliphatic heterocycles. The highest BCUT2D eigenvalue weighted by Crippen LogP contribution is 2.29. The lowest BCUT2D eigenvalue weighted by Crippen LogP contribution is -2.63. The third kappa shape index (κ3) is 3.79. The molecule has 0 saturated carbocycles. The number of nitrogens with one attached hydrogen (secondary N) is 1. The first-order chi connectivity index (χ1) is 12.0. The summed E-state index contributed by atoms with van der Waals surface area (Å²) in [5, 5.41) is 2.94. The molecule has 1 aromatic carbocycles. The largest absolute Gasteiger partial charge is 0.380 e. The summed E-state index contributed by atoms with van der Waals surface area (Å²) in [5.74, 6) is 0.0264. The van der Waals surface area contributed by atoms with E-state index in [-0.39, 0.29) is 30.1 Å². The topological polar surface area (TPSA) is 61.9 Å². The number of ether oxygens (including phenoxy) is 1. The Morgan fingerprint density at radius 2 is 2.00 bits per heavy atom. The van der Waals surface area contributed by atoms with Crippen molar-refractivity contribution in [2.45, 2.75) is 50.9 Å². The SMILES string of the molecule is CO[C@H]1C[C@H]2CN(C(=O)NC(C)C)[C@@H](Cc3ccccc3)C(=O)N2C1. The fourth-order valence-corrected chi connectivity index (χ4v) is 3.76. The molecular formula is C19H27N3O3. The molecule has 0 radical (unpaired) electrons. The van der Waals surface area contributed by atoms with Gasteiger partial charge in [-0.2, -0.15) is 0 Å². The number of carbonyl (C=O) groups excluding carboxylic acids is 2. The molecule has 1 N–H and O–H groups in total. The van der Waals surface area contributed by atoms with Crippen LogP contribution in [0.25, 0.3) is 0 Å². The Morgan fingerprint density at radius 3 is 2.64 bits per heavy atom. The Hall–Kier alpha value is -2.08. The number of methoxy groups -OCH3 is 1.